The number of aromatic nitrogens is 4. The van der Waals surface area contributed by atoms with E-state index in [-0.39, 0.29) is 5.91 Å². The number of anilines is 2. The molecule has 0 aliphatic rings. The lowest BCUT2D eigenvalue weighted by Gasteiger charge is -2.16. The molecule has 7 nitrogen and oxygen atoms in total. The van der Waals surface area contributed by atoms with E-state index in [0.29, 0.717) is 22.7 Å². The van der Waals surface area contributed by atoms with E-state index in [0.717, 1.165) is 21.7 Å². The summed E-state index contributed by atoms with van der Waals surface area (Å²) in [6.45, 7) is 1.89. The average Bonchev–Trinajstić information content (AvgIpc) is 3.30. The molecule has 0 atom stereocenters. The van der Waals surface area contributed by atoms with Gasteiger partial charge in [-0.2, -0.15) is 5.10 Å². The second kappa shape index (κ2) is 7.05. The summed E-state index contributed by atoms with van der Waals surface area (Å²) in [5.41, 5.74) is 3.42. The first-order valence-electron chi connectivity index (χ1n) is 8.77. The van der Waals surface area contributed by atoms with Crippen LogP contribution >= 0.6 is 11.3 Å². The fraction of sp³-hybridized carbons (Fsp3) is 0.200. The molecule has 142 valence electrons. The maximum atomic E-state index is 13.3. The number of nitrogens with zero attached hydrogens (tertiary/aromatic N) is 5. The molecule has 8 heteroatoms. The van der Waals surface area contributed by atoms with Gasteiger partial charge in [0.25, 0.3) is 5.91 Å². The van der Waals surface area contributed by atoms with Gasteiger partial charge < -0.3 is 10.2 Å². The molecule has 0 aliphatic heterocycles. The summed E-state index contributed by atoms with van der Waals surface area (Å²) < 4.78 is 1.72. The summed E-state index contributed by atoms with van der Waals surface area (Å²) in [5, 5.41) is 10.2. The van der Waals surface area contributed by atoms with Gasteiger partial charge in [-0.05, 0) is 36.6 Å². The van der Waals surface area contributed by atoms with Crippen molar-refractivity contribution in [3.8, 4) is 10.6 Å². The number of rotatable bonds is 4. The molecule has 0 saturated heterocycles. The molecule has 0 unspecified atom stereocenters. The van der Waals surface area contributed by atoms with Crippen LogP contribution in [0.3, 0.4) is 0 Å². The number of aryl methyl sites for hydroxylation is 2. The highest BCUT2D eigenvalue weighted by atomic mass is 32.1. The minimum atomic E-state index is -0.211. The molecule has 4 heterocycles. The van der Waals surface area contributed by atoms with E-state index in [1.165, 1.54) is 0 Å². The predicted molar refractivity (Wildman–Crippen MR) is 113 cm³/mol. The standard InChI is InChI=1S/C20H20N6OS/c1-12-17-13(20(27)23-14-7-5-9-21-18(14)25(2)3)11-15(16-8-6-10-28-16)22-19(17)26(4)24-12/h5-11H,1-4H3,(H,23,27). The molecule has 28 heavy (non-hydrogen) atoms. The number of amides is 1. The third-order valence-electron chi connectivity index (χ3n) is 4.45. The van der Waals surface area contributed by atoms with E-state index in [2.05, 4.69) is 15.4 Å². The third kappa shape index (κ3) is 3.11. The molecule has 4 rings (SSSR count). The maximum Gasteiger partial charge on any atom is 0.256 e. The number of carbonyl (C=O) groups excluding carboxylic acids is 1. The van der Waals surface area contributed by atoms with E-state index >= 15 is 0 Å². The van der Waals surface area contributed by atoms with Crippen molar-refractivity contribution in [2.24, 2.45) is 7.05 Å². The lowest BCUT2D eigenvalue weighted by Crippen LogP contribution is -2.18. The first-order valence-corrected chi connectivity index (χ1v) is 9.65. The molecule has 0 saturated carbocycles. The molecule has 4 aromatic heterocycles. The fourth-order valence-electron chi connectivity index (χ4n) is 3.21. The SMILES string of the molecule is Cc1nn(C)c2nc(-c3cccs3)cc(C(=O)Nc3cccnc3N(C)C)c12. The Morgan fingerprint density at radius 3 is 2.79 bits per heavy atom. The van der Waals surface area contributed by atoms with E-state index < -0.39 is 0 Å². The van der Waals surface area contributed by atoms with E-state index in [1.54, 1.807) is 28.3 Å². The largest absolute Gasteiger partial charge is 0.361 e. The van der Waals surface area contributed by atoms with Crippen LogP contribution in [0.15, 0.2) is 41.9 Å². The van der Waals surface area contributed by atoms with Crippen LogP contribution in [0, 0.1) is 6.92 Å². The van der Waals surface area contributed by atoms with Crippen molar-refractivity contribution in [3.05, 3.63) is 53.2 Å². The Labute approximate surface area is 166 Å². The number of hydrogen-bond donors (Lipinski definition) is 1. The van der Waals surface area contributed by atoms with Crippen molar-refractivity contribution >= 4 is 39.8 Å². The Kier molecular flexibility index (Phi) is 4.56. The number of carbonyl (C=O) groups is 1. The number of hydrogen-bond acceptors (Lipinski definition) is 6. The highest BCUT2D eigenvalue weighted by Crippen LogP contribution is 2.30. The third-order valence-corrected chi connectivity index (χ3v) is 5.34. The van der Waals surface area contributed by atoms with Crippen molar-refractivity contribution in [1.29, 1.82) is 0 Å². The van der Waals surface area contributed by atoms with Crippen molar-refractivity contribution in [2.45, 2.75) is 6.92 Å². The van der Waals surface area contributed by atoms with Gasteiger partial charge in [-0.1, -0.05) is 6.07 Å². The summed E-state index contributed by atoms with van der Waals surface area (Å²) in [7, 11) is 5.62. The summed E-state index contributed by atoms with van der Waals surface area (Å²) >= 11 is 1.59. The number of thiophene rings is 1. The molecule has 0 bridgehead atoms. The van der Waals surface area contributed by atoms with Crippen LogP contribution in [0.4, 0.5) is 11.5 Å². The Hall–Kier alpha value is -3.26. The van der Waals surface area contributed by atoms with Gasteiger partial charge in [0.05, 0.1) is 32.9 Å². The van der Waals surface area contributed by atoms with E-state index in [1.807, 2.05) is 62.6 Å². The van der Waals surface area contributed by atoms with Gasteiger partial charge in [0.2, 0.25) is 0 Å². The lowest BCUT2D eigenvalue weighted by atomic mass is 10.1. The van der Waals surface area contributed by atoms with Crippen LogP contribution in [0.5, 0.6) is 0 Å². The van der Waals surface area contributed by atoms with Crippen LogP contribution in [0.25, 0.3) is 21.6 Å². The van der Waals surface area contributed by atoms with Crippen LogP contribution in [-0.4, -0.2) is 39.8 Å². The van der Waals surface area contributed by atoms with Crippen molar-refractivity contribution in [2.75, 3.05) is 24.3 Å². The highest BCUT2D eigenvalue weighted by Gasteiger charge is 2.20. The van der Waals surface area contributed by atoms with Gasteiger partial charge in [-0.3, -0.25) is 9.48 Å². The zero-order valence-corrected chi connectivity index (χ0v) is 16.9. The minimum Gasteiger partial charge on any atom is -0.361 e. The highest BCUT2D eigenvalue weighted by molar-refractivity contribution is 7.13. The van der Waals surface area contributed by atoms with Crippen molar-refractivity contribution in [1.82, 2.24) is 19.7 Å². The molecule has 4 aromatic rings. The molecule has 1 N–H and O–H groups in total. The molecule has 0 spiro atoms. The molecular weight excluding hydrogens is 372 g/mol. The topological polar surface area (TPSA) is 75.9 Å². The molecule has 1 amide bonds. The Balaban J connectivity index is 1.85. The molecule has 0 aliphatic carbocycles. The van der Waals surface area contributed by atoms with Gasteiger partial charge in [0, 0.05) is 27.3 Å². The summed E-state index contributed by atoms with van der Waals surface area (Å²) in [6.07, 6.45) is 1.70. The minimum absolute atomic E-state index is 0.211. The van der Waals surface area contributed by atoms with Gasteiger partial charge in [-0.15, -0.1) is 11.3 Å². The first kappa shape index (κ1) is 18.1. The number of pyridine rings is 2. The molecule has 0 radical (unpaired) electrons. The van der Waals surface area contributed by atoms with Gasteiger partial charge in [0.15, 0.2) is 11.5 Å². The van der Waals surface area contributed by atoms with Gasteiger partial charge >= 0.3 is 0 Å². The number of nitrogens with one attached hydrogen (secondary N) is 1. The van der Waals surface area contributed by atoms with Crippen LogP contribution in [0.1, 0.15) is 16.1 Å². The normalized spacial score (nSPS) is 11.0. The quantitative estimate of drug-likeness (QED) is 0.573. The smallest absolute Gasteiger partial charge is 0.256 e. The average molecular weight is 392 g/mol. The second-order valence-corrected chi connectivity index (χ2v) is 7.61. The maximum absolute atomic E-state index is 13.3. The first-order chi connectivity index (χ1) is 13.5. The fourth-order valence-corrected chi connectivity index (χ4v) is 3.90. The van der Waals surface area contributed by atoms with Crippen LogP contribution < -0.4 is 10.2 Å². The molecule has 0 aromatic carbocycles. The Morgan fingerprint density at radius 1 is 1.25 bits per heavy atom. The summed E-state index contributed by atoms with van der Waals surface area (Å²) in [5.74, 6) is 0.486. The van der Waals surface area contributed by atoms with Gasteiger partial charge in [0.1, 0.15) is 0 Å². The Bertz CT molecular complexity index is 1160. The molecule has 0 fully saturated rings. The van der Waals surface area contributed by atoms with E-state index in [4.69, 9.17) is 4.98 Å². The van der Waals surface area contributed by atoms with Crippen LogP contribution in [-0.2, 0) is 7.05 Å². The van der Waals surface area contributed by atoms with E-state index in [9.17, 15) is 4.79 Å². The van der Waals surface area contributed by atoms with Gasteiger partial charge in [-0.25, -0.2) is 9.97 Å². The summed E-state index contributed by atoms with van der Waals surface area (Å²) in [4.78, 5) is 25.2. The van der Waals surface area contributed by atoms with Crippen molar-refractivity contribution in [3.63, 3.8) is 0 Å². The summed E-state index contributed by atoms with van der Waals surface area (Å²) in [6, 6.07) is 9.45. The zero-order valence-electron chi connectivity index (χ0n) is 16.1. The number of fused-ring (bicyclic) bond motifs is 1. The monoisotopic (exact) mass is 392 g/mol. The Morgan fingerprint density at radius 2 is 2.07 bits per heavy atom. The van der Waals surface area contributed by atoms with Crippen LogP contribution in [0.2, 0.25) is 0 Å². The second-order valence-electron chi connectivity index (χ2n) is 6.66. The van der Waals surface area contributed by atoms with Crippen molar-refractivity contribution < 1.29 is 4.79 Å². The molecular formula is C20H20N6OS. The predicted octanol–water partition coefficient (Wildman–Crippen LogP) is 3.72. The zero-order chi connectivity index (χ0) is 19.8. The lowest BCUT2D eigenvalue weighted by molar-refractivity contribution is 0.102.